The van der Waals surface area contributed by atoms with Crippen LogP contribution in [0.2, 0.25) is 10.3 Å². The van der Waals surface area contributed by atoms with Gasteiger partial charge in [-0.2, -0.15) is 4.57 Å². The van der Waals surface area contributed by atoms with Crippen LogP contribution in [0, 0.1) is 0 Å². The van der Waals surface area contributed by atoms with E-state index in [2.05, 4.69) is 0 Å². The lowest BCUT2D eigenvalue weighted by Gasteiger charge is -2.01. The number of esters is 1. The minimum absolute atomic E-state index is 0.328. The van der Waals surface area contributed by atoms with Crippen molar-refractivity contribution >= 4 is 39.3 Å². The van der Waals surface area contributed by atoms with Gasteiger partial charge in [0, 0.05) is 18.4 Å². The lowest BCUT2D eigenvalue weighted by atomic mass is 10.3. The van der Waals surface area contributed by atoms with Crippen molar-refractivity contribution in [2.75, 3.05) is 12.9 Å². The van der Waals surface area contributed by atoms with Crippen molar-refractivity contribution in [2.45, 2.75) is 6.92 Å². The highest BCUT2D eigenvalue weighted by Crippen LogP contribution is 2.13. The molecule has 0 saturated heterocycles. The van der Waals surface area contributed by atoms with Crippen LogP contribution >= 0.6 is 23.2 Å². The first kappa shape index (κ1) is 18.1. The number of rotatable bonds is 2. The highest BCUT2D eigenvalue weighted by atomic mass is 35.5. The lowest BCUT2D eigenvalue weighted by Crippen LogP contribution is -2.31. The van der Waals surface area contributed by atoms with Crippen LogP contribution < -0.4 is 4.57 Å². The summed E-state index contributed by atoms with van der Waals surface area (Å²) >= 11 is 11.7. The van der Waals surface area contributed by atoms with E-state index in [0.717, 1.165) is 0 Å². The molecule has 6 nitrogen and oxygen atoms in total. The summed E-state index contributed by atoms with van der Waals surface area (Å²) in [5.41, 5.74) is 0.361. The number of carbonyl (C=O) groups is 1. The summed E-state index contributed by atoms with van der Waals surface area (Å²) < 4.78 is 33.6. The fourth-order valence-corrected chi connectivity index (χ4v) is 1.39. The van der Waals surface area contributed by atoms with E-state index in [1.54, 1.807) is 18.5 Å². The standard InChI is InChI=1S/C9H10Cl2NO2.CH4O3S/c1-3-14-9(13)6-4-7(10)12(2)8(11)5-6;1-5(2,3)4/h4-5H,3H2,1-2H3;1H3,(H,2,3,4)/q+1;/p-1. The van der Waals surface area contributed by atoms with Gasteiger partial charge in [-0.3, -0.25) is 0 Å². The van der Waals surface area contributed by atoms with Gasteiger partial charge >= 0.3 is 5.97 Å². The third kappa shape index (κ3) is 7.99. The predicted octanol–water partition coefficient (Wildman–Crippen LogP) is 1.16. The Labute approximate surface area is 121 Å². The van der Waals surface area contributed by atoms with Crippen LogP contribution in [-0.4, -0.2) is 31.8 Å². The van der Waals surface area contributed by atoms with Crippen molar-refractivity contribution < 1.29 is 27.1 Å². The molecular formula is C10H13Cl2NO5S. The summed E-state index contributed by atoms with van der Waals surface area (Å²) in [5, 5.41) is 0.779. The van der Waals surface area contributed by atoms with E-state index in [0.29, 0.717) is 28.7 Å². The van der Waals surface area contributed by atoms with E-state index < -0.39 is 16.1 Å². The Kier molecular flexibility index (Phi) is 7.28. The average Bonchev–Trinajstić information content (AvgIpc) is 2.23. The number of halogens is 2. The van der Waals surface area contributed by atoms with E-state index >= 15 is 0 Å². The van der Waals surface area contributed by atoms with Crippen LogP contribution in [-0.2, 0) is 21.9 Å². The zero-order valence-corrected chi connectivity index (χ0v) is 12.8. The predicted molar refractivity (Wildman–Crippen MR) is 69.2 cm³/mol. The van der Waals surface area contributed by atoms with Gasteiger partial charge in [-0.1, -0.05) is 0 Å². The summed E-state index contributed by atoms with van der Waals surface area (Å²) in [5.74, 6) is -0.420. The first-order chi connectivity index (χ1) is 8.56. The van der Waals surface area contributed by atoms with Gasteiger partial charge in [0.25, 0.3) is 10.3 Å². The maximum atomic E-state index is 11.3. The molecule has 0 saturated carbocycles. The van der Waals surface area contributed by atoms with Crippen molar-refractivity contribution in [1.29, 1.82) is 0 Å². The molecule has 0 spiro atoms. The van der Waals surface area contributed by atoms with Crippen LogP contribution in [0.4, 0.5) is 0 Å². The molecular weight excluding hydrogens is 317 g/mol. The minimum Gasteiger partial charge on any atom is -0.748 e. The second-order valence-electron chi connectivity index (χ2n) is 3.37. The molecule has 1 heterocycles. The number of carbonyl (C=O) groups excluding carboxylic acids is 1. The molecule has 0 unspecified atom stereocenters. The monoisotopic (exact) mass is 329 g/mol. The molecule has 0 aromatic carbocycles. The van der Waals surface area contributed by atoms with E-state index in [-0.39, 0.29) is 0 Å². The zero-order chi connectivity index (χ0) is 15.2. The normalized spacial score (nSPS) is 10.4. The van der Waals surface area contributed by atoms with Gasteiger partial charge in [0.1, 0.15) is 7.05 Å². The third-order valence-corrected chi connectivity index (χ3v) is 2.43. The first-order valence-electron chi connectivity index (χ1n) is 4.99. The number of aromatic nitrogens is 1. The Morgan fingerprint density at radius 2 is 1.74 bits per heavy atom. The van der Waals surface area contributed by atoms with E-state index in [4.69, 9.17) is 40.9 Å². The lowest BCUT2D eigenvalue weighted by molar-refractivity contribution is -0.667. The van der Waals surface area contributed by atoms with Crippen molar-refractivity contribution in [3.8, 4) is 0 Å². The molecule has 1 rings (SSSR count). The highest BCUT2D eigenvalue weighted by Gasteiger charge is 2.16. The largest absolute Gasteiger partial charge is 0.748 e. The molecule has 1 aromatic rings. The van der Waals surface area contributed by atoms with Gasteiger partial charge in [-0.05, 0) is 30.1 Å². The fourth-order valence-electron chi connectivity index (χ4n) is 0.926. The highest BCUT2D eigenvalue weighted by molar-refractivity contribution is 7.84. The fraction of sp³-hybridized carbons (Fsp3) is 0.400. The Bertz CT molecular complexity index is 528. The Morgan fingerprint density at radius 3 is 2.05 bits per heavy atom. The number of hydrogen-bond acceptors (Lipinski definition) is 5. The summed E-state index contributed by atoms with van der Waals surface area (Å²) in [4.78, 5) is 11.3. The molecule has 0 bridgehead atoms. The number of nitrogens with zero attached hydrogens (tertiary/aromatic N) is 1. The van der Waals surface area contributed by atoms with E-state index in [9.17, 15) is 4.79 Å². The molecule has 0 aliphatic rings. The van der Waals surface area contributed by atoms with Gasteiger partial charge < -0.3 is 9.29 Å². The summed E-state index contributed by atoms with van der Waals surface area (Å²) in [6, 6.07) is 3.04. The zero-order valence-electron chi connectivity index (χ0n) is 10.5. The molecule has 0 aliphatic heterocycles. The Balaban J connectivity index is 0.000000555. The SMILES string of the molecule is CCOC(=O)c1cc(Cl)[n+](C)c(Cl)c1.CS(=O)(=O)[O-]. The van der Waals surface area contributed by atoms with Crippen molar-refractivity contribution in [2.24, 2.45) is 7.05 Å². The van der Waals surface area contributed by atoms with Crippen LogP contribution in [0.3, 0.4) is 0 Å². The summed E-state index contributed by atoms with van der Waals surface area (Å²) in [6.45, 7) is 2.07. The number of ether oxygens (including phenoxy) is 1. The van der Waals surface area contributed by atoms with E-state index in [1.807, 2.05) is 0 Å². The molecule has 0 atom stereocenters. The van der Waals surface area contributed by atoms with Crippen molar-refractivity contribution in [3.05, 3.63) is 28.0 Å². The maximum absolute atomic E-state index is 11.3. The minimum atomic E-state index is -3.92. The molecule has 0 N–H and O–H groups in total. The van der Waals surface area contributed by atoms with Crippen LogP contribution in [0.25, 0.3) is 0 Å². The smallest absolute Gasteiger partial charge is 0.338 e. The van der Waals surface area contributed by atoms with Crippen molar-refractivity contribution in [3.63, 3.8) is 0 Å². The quantitative estimate of drug-likeness (QED) is 0.351. The number of hydrogen-bond donors (Lipinski definition) is 0. The van der Waals surface area contributed by atoms with Crippen LogP contribution in [0.1, 0.15) is 17.3 Å². The second kappa shape index (κ2) is 7.64. The molecule has 19 heavy (non-hydrogen) atoms. The maximum Gasteiger partial charge on any atom is 0.338 e. The molecule has 108 valence electrons. The van der Waals surface area contributed by atoms with Gasteiger partial charge in [-0.15, -0.1) is 0 Å². The Morgan fingerprint density at radius 1 is 1.37 bits per heavy atom. The average molecular weight is 330 g/mol. The summed E-state index contributed by atoms with van der Waals surface area (Å²) in [7, 11) is -2.21. The van der Waals surface area contributed by atoms with Crippen LogP contribution in [0.15, 0.2) is 12.1 Å². The topological polar surface area (TPSA) is 87.4 Å². The molecule has 0 radical (unpaired) electrons. The molecule has 1 aromatic heterocycles. The van der Waals surface area contributed by atoms with E-state index in [1.165, 1.54) is 12.1 Å². The number of pyridine rings is 1. The van der Waals surface area contributed by atoms with Gasteiger partial charge in [-0.25, -0.2) is 13.2 Å². The Hall–Kier alpha value is -0.890. The van der Waals surface area contributed by atoms with Crippen LogP contribution in [0.5, 0.6) is 0 Å². The molecule has 0 aliphatic carbocycles. The first-order valence-corrected chi connectivity index (χ1v) is 7.56. The van der Waals surface area contributed by atoms with Crippen molar-refractivity contribution in [1.82, 2.24) is 0 Å². The van der Waals surface area contributed by atoms with Gasteiger partial charge in [0.15, 0.2) is 0 Å². The van der Waals surface area contributed by atoms with Gasteiger partial charge in [0.2, 0.25) is 0 Å². The molecule has 0 amide bonds. The van der Waals surface area contributed by atoms with Gasteiger partial charge in [0.05, 0.1) is 22.3 Å². The molecule has 0 fully saturated rings. The summed E-state index contributed by atoms with van der Waals surface area (Å²) in [6.07, 6.45) is 0.604. The molecule has 9 heteroatoms. The third-order valence-electron chi connectivity index (χ3n) is 1.70. The second-order valence-corrected chi connectivity index (χ2v) is 5.56.